The highest BCUT2D eigenvalue weighted by atomic mass is 16.5. The fourth-order valence-electron chi connectivity index (χ4n) is 2.83. The molecule has 3 rings (SSSR count). The summed E-state index contributed by atoms with van der Waals surface area (Å²) in [6.45, 7) is 1.79. The van der Waals surface area contributed by atoms with Gasteiger partial charge in [0.1, 0.15) is 11.3 Å². The number of aromatic nitrogens is 2. The highest BCUT2D eigenvalue weighted by Gasteiger charge is 2.38. The highest BCUT2D eigenvalue weighted by molar-refractivity contribution is 5.92. The summed E-state index contributed by atoms with van der Waals surface area (Å²) < 4.78 is 11.9. The maximum Gasteiger partial charge on any atom is 0.340 e. The lowest BCUT2D eigenvalue weighted by molar-refractivity contribution is -0.136. The van der Waals surface area contributed by atoms with Gasteiger partial charge < -0.3 is 19.8 Å². The van der Waals surface area contributed by atoms with Gasteiger partial charge in [-0.15, -0.1) is 0 Å². The van der Waals surface area contributed by atoms with Crippen molar-refractivity contribution in [1.29, 1.82) is 0 Å². The number of rotatable bonds is 2. The molecule has 124 valence electrons. The molecule has 0 bridgehead atoms. The van der Waals surface area contributed by atoms with Crippen LogP contribution in [0.1, 0.15) is 22.7 Å². The molecule has 0 fully saturated rings. The van der Waals surface area contributed by atoms with Gasteiger partial charge in [0.2, 0.25) is 5.88 Å². The lowest BCUT2D eigenvalue weighted by atomic mass is 9.84. The number of carbonyl (C=O) groups excluding carboxylic acids is 1. The van der Waals surface area contributed by atoms with Gasteiger partial charge in [-0.2, -0.15) is 0 Å². The van der Waals surface area contributed by atoms with Crippen LogP contribution < -0.4 is 16.0 Å². The number of carbonyl (C=O) groups is 1. The second-order valence-corrected chi connectivity index (χ2v) is 5.52. The Labute approximate surface area is 138 Å². The molecule has 0 spiro atoms. The van der Waals surface area contributed by atoms with E-state index in [9.17, 15) is 9.59 Å². The van der Waals surface area contributed by atoms with E-state index >= 15 is 0 Å². The minimum Gasteiger partial charge on any atom is -0.465 e. The molecule has 24 heavy (non-hydrogen) atoms. The molecule has 0 amide bonds. The molecular formula is C17H17N3O4. The Balaban J connectivity index is 2.35. The van der Waals surface area contributed by atoms with Gasteiger partial charge in [0, 0.05) is 31.2 Å². The van der Waals surface area contributed by atoms with Crippen molar-refractivity contribution in [2.24, 2.45) is 12.8 Å². The van der Waals surface area contributed by atoms with E-state index in [4.69, 9.17) is 15.2 Å². The molecule has 2 N–H and O–H groups in total. The monoisotopic (exact) mass is 327 g/mol. The molecule has 0 aliphatic carbocycles. The van der Waals surface area contributed by atoms with Crippen molar-refractivity contribution in [3.63, 3.8) is 0 Å². The predicted molar refractivity (Wildman–Crippen MR) is 86.4 cm³/mol. The van der Waals surface area contributed by atoms with E-state index < -0.39 is 11.9 Å². The van der Waals surface area contributed by atoms with Crippen molar-refractivity contribution in [3.05, 3.63) is 69.2 Å². The van der Waals surface area contributed by atoms with E-state index in [1.807, 2.05) is 0 Å². The first-order valence-electron chi connectivity index (χ1n) is 7.32. The van der Waals surface area contributed by atoms with Crippen LogP contribution in [0.25, 0.3) is 0 Å². The Morgan fingerprint density at radius 1 is 1.46 bits per heavy atom. The van der Waals surface area contributed by atoms with Gasteiger partial charge in [-0.05, 0) is 18.6 Å². The van der Waals surface area contributed by atoms with E-state index in [0.717, 1.165) is 5.69 Å². The van der Waals surface area contributed by atoms with Gasteiger partial charge in [-0.1, -0.05) is 6.07 Å². The Hall–Kier alpha value is -3.09. The van der Waals surface area contributed by atoms with Crippen LogP contribution in [0.3, 0.4) is 0 Å². The van der Waals surface area contributed by atoms with Crippen LogP contribution in [-0.2, 0) is 16.6 Å². The molecule has 7 heteroatoms. The third-order valence-electron chi connectivity index (χ3n) is 4.16. The third kappa shape index (κ3) is 2.34. The van der Waals surface area contributed by atoms with Gasteiger partial charge >= 0.3 is 5.97 Å². The van der Waals surface area contributed by atoms with Gasteiger partial charge in [0.15, 0.2) is 0 Å². The topological polar surface area (TPSA) is 96.4 Å². The zero-order chi connectivity index (χ0) is 17.4. The Kier molecular flexibility index (Phi) is 3.84. The maximum atomic E-state index is 12.8. The molecule has 3 heterocycles. The second-order valence-electron chi connectivity index (χ2n) is 5.52. The average Bonchev–Trinajstić information content (AvgIpc) is 2.59. The van der Waals surface area contributed by atoms with Crippen molar-refractivity contribution in [1.82, 2.24) is 9.55 Å². The fraction of sp³-hybridized carbons (Fsp3) is 0.235. The van der Waals surface area contributed by atoms with Crippen molar-refractivity contribution >= 4 is 5.97 Å². The number of pyridine rings is 2. The number of aryl methyl sites for hydroxylation is 1. The van der Waals surface area contributed by atoms with E-state index in [1.165, 1.54) is 11.7 Å². The summed E-state index contributed by atoms with van der Waals surface area (Å²) in [5.74, 6) is -1.07. The maximum absolute atomic E-state index is 12.8. The first-order chi connectivity index (χ1) is 11.5. The molecule has 2 aromatic heterocycles. The summed E-state index contributed by atoms with van der Waals surface area (Å²) in [4.78, 5) is 29.2. The van der Waals surface area contributed by atoms with Crippen LogP contribution in [0, 0.1) is 6.92 Å². The van der Waals surface area contributed by atoms with Gasteiger partial charge in [0.25, 0.3) is 5.56 Å². The molecule has 2 aromatic rings. The first kappa shape index (κ1) is 15.8. The van der Waals surface area contributed by atoms with E-state index in [1.54, 1.807) is 44.6 Å². The second kappa shape index (κ2) is 5.84. The first-order valence-corrected chi connectivity index (χ1v) is 7.32. The predicted octanol–water partition coefficient (Wildman–Crippen LogP) is 0.956. The highest BCUT2D eigenvalue weighted by Crippen LogP contribution is 2.40. The average molecular weight is 327 g/mol. The van der Waals surface area contributed by atoms with E-state index in [-0.39, 0.29) is 17.0 Å². The van der Waals surface area contributed by atoms with Crippen molar-refractivity contribution in [2.75, 3.05) is 7.11 Å². The van der Waals surface area contributed by atoms with E-state index in [0.29, 0.717) is 16.9 Å². The quantitative estimate of drug-likeness (QED) is 0.825. The van der Waals surface area contributed by atoms with Crippen LogP contribution in [0.4, 0.5) is 0 Å². The normalized spacial score (nSPS) is 16.4. The molecule has 0 aromatic carbocycles. The minimum atomic E-state index is -0.700. The molecule has 0 saturated heterocycles. The van der Waals surface area contributed by atoms with Gasteiger partial charge in [-0.25, -0.2) is 4.79 Å². The van der Waals surface area contributed by atoms with E-state index in [2.05, 4.69) is 4.98 Å². The Morgan fingerprint density at radius 3 is 2.83 bits per heavy atom. The SMILES string of the molecule is COC(=O)C1=C(N)Oc2cc(C)n(C)c(=O)c2[C@@H]1c1cccnc1. The van der Waals surface area contributed by atoms with Crippen LogP contribution in [-0.4, -0.2) is 22.6 Å². The number of fused-ring (bicyclic) bond motifs is 1. The number of hydrogen-bond acceptors (Lipinski definition) is 6. The van der Waals surface area contributed by atoms with Gasteiger partial charge in [-0.3, -0.25) is 9.78 Å². The summed E-state index contributed by atoms with van der Waals surface area (Å²) in [5.41, 5.74) is 7.52. The molecule has 0 radical (unpaired) electrons. The van der Waals surface area contributed by atoms with Crippen LogP contribution in [0.5, 0.6) is 5.75 Å². The molecule has 1 aliphatic rings. The number of nitrogens with two attached hydrogens (primary N) is 1. The molecular weight excluding hydrogens is 310 g/mol. The lowest BCUT2D eigenvalue weighted by Crippen LogP contribution is -2.34. The number of ether oxygens (including phenoxy) is 2. The van der Waals surface area contributed by atoms with Crippen LogP contribution >= 0.6 is 0 Å². The summed E-state index contributed by atoms with van der Waals surface area (Å²) in [7, 11) is 2.92. The molecule has 1 aliphatic heterocycles. The number of esters is 1. The number of nitrogens with zero attached hydrogens (tertiary/aromatic N) is 2. The summed E-state index contributed by atoms with van der Waals surface area (Å²) >= 11 is 0. The van der Waals surface area contributed by atoms with Crippen LogP contribution in [0.2, 0.25) is 0 Å². The van der Waals surface area contributed by atoms with Crippen molar-refractivity contribution in [2.45, 2.75) is 12.8 Å². The molecule has 7 nitrogen and oxygen atoms in total. The van der Waals surface area contributed by atoms with Crippen molar-refractivity contribution < 1.29 is 14.3 Å². The zero-order valence-electron chi connectivity index (χ0n) is 13.6. The summed E-state index contributed by atoms with van der Waals surface area (Å²) in [6.07, 6.45) is 3.21. The van der Waals surface area contributed by atoms with Crippen LogP contribution in [0.15, 0.2) is 46.8 Å². The lowest BCUT2D eigenvalue weighted by Gasteiger charge is -2.28. The molecule has 1 atom stereocenters. The summed E-state index contributed by atoms with van der Waals surface area (Å²) in [5, 5.41) is 0. The standard InChI is InChI=1S/C17H17N3O4/c1-9-7-11-13(16(21)20(9)2)12(10-5-4-6-19-8-10)14(15(18)24-11)17(22)23-3/h4-8,12H,18H2,1-3H3/t12-/m0/s1. The minimum absolute atomic E-state index is 0.0733. The number of hydrogen-bond donors (Lipinski definition) is 1. The van der Waals surface area contributed by atoms with Crippen molar-refractivity contribution in [3.8, 4) is 5.75 Å². The van der Waals surface area contributed by atoms with Gasteiger partial charge in [0.05, 0.1) is 18.6 Å². The number of methoxy groups -OCH3 is 1. The molecule has 0 saturated carbocycles. The Bertz CT molecular complexity index is 900. The smallest absolute Gasteiger partial charge is 0.340 e. The fourth-order valence-corrected chi connectivity index (χ4v) is 2.83. The zero-order valence-corrected chi connectivity index (χ0v) is 13.6. The molecule has 0 unspecified atom stereocenters. The third-order valence-corrected chi connectivity index (χ3v) is 4.16. The largest absolute Gasteiger partial charge is 0.465 e. The summed E-state index contributed by atoms with van der Waals surface area (Å²) in [6, 6.07) is 5.23. The Morgan fingerprint density at radius 2 is 2.21 bits per heavy atom.